The largest absolute Gasteiger partial charge is 0.0876 e. The summed E-state index contributed by atoms with van der Waals surface area (Å²) < 4.78 is 1.06. The lowest BCUT2D eigenvalue weighted by Crippen LogP contribution is -1.86. The first-order valence-corrected chi connectivity index (χ1v) is 8.24. The second kappa shape index (κ2) is 6.94. The van der Waals surface area contributed by atoms with E-state index in [0.29, 0.717) is 10.0 Å². The van der Waals surface area contributed by atoms with E-state index in [4.69, 9.17) is 23.2 Å². The van der Waals surface area contributed by atoms with E-state index < -0.39 is 0 Å². The first-order chi connectivity index (χ1) is 9.10. The van der Waals surface area contributed by atoms with Crippen LogP contribution in [0.1, 0.15) is 11.1 Å². The molecule has 0 aliphatic carbocycles. The van der Waals surface area contributed by atoms with Crippen LogP contribution in [0.15, 0.2) is 46.9 Å². The topological polar surface area (TPSA) is 0 Å². The molecule has 19 heavy (non-hydrogen) atoms. The van der Waals surface area contributed by atoms with Gasteiger partial charge in [0, 0.05) is 19.8 Å². The van der Waals surface area contributed by atoms with E-state index in [9.17, 15) is 0 Å². The van der Waals surface area contributed by atoms with Crippen LogP contribution in [0.25, 0.3) is 11.6 Å². The molecule has 0 heterocycles. The van der Waals surface area contributed by atoms with Gasteiger partial charge in [0.2, 0.25) is 0 Å². The van der Waals surface area contributed by atoms with Gasteiger partial charge in [-0.15, -0.1) is 0 Å². The van der Waals surface area contributed by atoms with Crippen molar-refractivity contribution in [1.82, 2.24) is 0 Å². The van der Waals surface area contributed by atoms with E-state index in [1.54, 1.807) is 6.07 Å². The number of alkyl halides is 1. The molecule has 0 saturated carbocycles. The van der Waals surface area contributed by atoms with Gasteiger partial charge >= 0.3 is 0 Å². The predicted octanol–water partition coefficient (Wildman–Crippen LogP) is 6.69. The number of rotatable bonds is 3. The summed E-state index contributed by atoms with van der Waals surface area (Å²) in [5.74, 6) is 0. The average Bonchev–Trinajstić information content (AvgIpc) is 2.39. The molecule has 0 aliphatic heterocycles. The molecule has 0 amide bonds. The molecule has 4 heteroatoms. The van der Waals surface area contributed by atoms with Gasteiger partial charge in [0.15, 0.2) is 0 Å². The Balaban J connectivity index is 2.40. The maximum absolute atomic E-state index is 6.19. The Morgan fingerprint density at radius 2 is 1.74 bits per heavy atom. The molecule has 0 aliphatic rings. The predicted molar refractivity (Wildman–Crippen MR) is 92.3 cm³/mol. The van der Waals surface area contributed by atoms with Crippen molar-refractivity contribution in [2.24, 2.45) is 0 Å². The minimum absolute atomic E-state index is 0.645. The van der Waals surface area contributed by atoms with E-state index in [2.05, 4.69) is 50.1 Å². The summed E-state index contributed by atoms with van der Waals surface area (Å²) in [5.41, 5.74) is 3.28. The lowest BCUT2D eigenvalue weighted by atomic mass is 10.0. The normalized spacial score (nSPS) is 11.7. The third-order valence-corrected chi connectivity index (χ3v) is 4.35. The summed E-state index contributed by atoms with van der Waals surface area (Å²) in [6, 6.07) is 13.7. The van der Waals surface area contributed by atoms with Gasteiger partial charge in [-0.1, -0.05) is 73.3 Å². The van der Waals surface area contributed by atoms with E-state index in [1.807, 2.05) is 24.3 Å². The van der Waals surface area contributed by atoms with Gasteiger partial charge in [-0.25, -0.2) is 0 Å². The minimum atomic E-state index is 0.645. The van der Waals surface area contributed by atoms with Gasteiger partial charge in [0.05, 0.1) is 0 Å². The summed E-state index contributed by atoms with van der Waals surface area (Å²) in [6.45, 7) is 0. The first-order valence-electron chi connectivity index (χ1n) is 5.57. The van der Waals surface area contributed by atoms with Crippen molar-refractivity contribution in [2.75, 3.05) is 5.33 Å². The highest BCUT2D eigenvalue weighted by Crippen LogP contribution is 2.27. The number of halogens is 4. The van der Waals surface area contributed by atoms with Crippen LogP contribution in [-0.4, -0.2) is 5.33 Å². The first kappa shape index (κ1) is 15.1. The fourth-order valence-electron chi connectivity index (χ4n) is 1.67. The molecular weight excluding hydrogens is 411 g/mol. The molecule has 0 fully saturated rings. The van der Waals surface area contributed by atoms with E-state index in [-0.39, 0.29) is 0 Å². The van der Waals surface area contributed by atoms with E-state index in [1.165, 1.54) is 0 Å². The quantitative estimate of drug-likeness (QED) is 0.383. The van der Waals surface area contributed by atoms with Gasteiger partial charge in [-0.2, -0.15) is 0 Å². The third kappa shape index (κ3) is 4.09. The third-order valence-electron chi connectivity index (χ3n) is 2.65. The molecule has 0 N–H and O–H groups in total. The molecule has 2 rings (SSSR count). The van der Waals surface area contributed by atoms with Crippen molar-refractivity contribution in [2.45, 2.75) is 0 Å². The van der Waals surface area contributed by atoms with Crippen molar-refractivity contribution in [3.05, 3.63) is 68.1 Å². The second-order valence-corrected chi connectivity index (χ2v) is 6.30. The van der Waals surface area contributed by atoms with Crippen LogP contribution in [0.2, 0.25) is 10.0 Å². The van der Waals surface area contributed by atoms with E-state index >= 15 is 0 Å². The molecule has 0 spiro atoms. The molecule has 0 radical (unpaired) electrons. The van der Waals surface area contributed by atoms with Crippen LogP contribution in [0.5, 0.6) is 0 Å². The van der Waals surface area contributed by atoms with Gasteiger partial charge in [-0.05, 0) is 47.0 Å². The Labute approximate surface area is 139 Å². The molecule has 2 aromatic carbocycles. The summed E-state index contributed by atoms with van der Waals surface area (Å²) in [6.07, 6.45) is 2.07. The fourth-order valence-corrected chi connectivity index (χ4v) is 2.88. The van der Waals surface area contributed by atoms with Crippen LogP contribution >= 0.6 is 55.1 Å². The Morgan fingerprint density at radius 3 is 2.32 bits per heavy atom. The Hall–Kier alpha value is -0.280. The van der Waals surface area contributed by atoms with Crippen LogP contribution in [0.4, 0.5) is 0 Å². The average molecular weight is 421 g/mol. The summed E-state index contributed by atoms with van der Waals surface area (Å²) >= 11 is 19.0. The Morgan fingerprint density at radius 1 is 1.05 bits per heavy atom. The smallest absolute Gasteiger partial charge is 0.0493 e. The van der Waals surface area contributed by atoms with Crippen LogP contribution < -0.4 is 0 Å². The van der Waals surface area contributed by atoms with Crippen molar-refractivity contribution < 1.29 is 0 Å². The zero-order chi connectivity index (χ0) is 13.8. The fraction of sp³-hybridized carbons (Fsp3) is 0.0667. The van der Waals surface area contributed by atoms with Gasteiger partial charge < -0.3 is 0 Å². The highest BCUT2D eigenvalue weighted by Gasteiger charge is 2.03. The minimum Gasteiger partial charge on any atom is -0.0876 e. The number of allylic oxidation sites excluding steroid dienone is 1. The zero-order valence-corrected chi connectivity index (χ0v) is 14.5. The van der Waals surface area contributed by atoms with E-state index in [0.717, 1.165) is 26.5 Å². The second-order valence-electron chi connectivity index (χ2n) is 3.98. The number of hydrogen-bond acceptors (Lipinski definition) is 0. The van der Waals surface area contributed by atoms with Crippen molar-refractivity contribution in [3.8, 4) is 0 Å². The molecule has 98 valence electrons. The summed E-state index contributed by atoms with van der Waals surface area (Å²) in [4.78, 5) is 0. The Bertz CT molecular complexity index is 604. The standard InChI is InChI=1S/C15H10Br2Cl2/c16-9-12(10-1-4-13(17)5-2-10)7-11-3-6-14(18)8-15(11)19/h1-8H,9H2. The monoisotopic (exact) mass is 418 g/mol. The molecule has 0 atom stereocenters. The molecule has 0 saturated heterocycles. The lowest BCUT2D eigenvalue weighted by molar-refractivity contribution is 1.56. The maximum atomic E-state index is 6.19. The molecule has 0 aromatic heterocycles. The molecule has 0 nitrogen and oxygen atoms in total. The van der Waals surface area contributed by atoms with Gasteiger partial charge in [0.25, 0.3) is 0 Å². The molecular formula is C15H10Br2Cl2. The van der Waals surface area contributed by atoms with Gasteiger partial charge in [-0.3, -0.25) is 0 Å². The highest BCUT2D eigenvalue weighted by atomic mass is 79.9. The molecule has 0 unspecified atom stereocenters. The van der Waals surface area contributed by atoms with Crippen LogP contribution in [0, 0.1) is 0 Å². The SMILES string of the molecule is Clc1ccc(C=C(CBr)c2ccc(Br)cc2)c(Cl)c1. The van der Waals surface area contributed by atoms with Crippen molar-refractivity contribution >= 4 is 66.7 Å². The summed E-state index contributed by atoms with van der Waals surface area (Å²) in [5, 5.41) is 2.06. The van der Waals surface area contributed by atoms with Crippen molar-refractivity contribution in [1.29, 1.82) is 0 Å². The summed E-state index contributed by atoms with van der Waals surface area (Å²) in [7, 11) is 0. The van der Waals surface area contributed by atoms with Crippen molar-refractivity contribution in [3.63, 3.8) is 0 Å². The number of hydrogen-bond donors (Lipinski definition) is 0. The molecule has 0 bridgehead atoms. The van der Waals surface area contributed by atoms with Crippen LogP contribution in [0.3, 0.4) is 0 Å². The lowest BCUT2D eigenvalue weighted by Gasteiger charge is -2.06. The van der Waals surface area contributed by atoms with Crippen LogP contribution in [-0.2, 0) is 0 Å². The maximum Gasteiger partial charge on any atom is 0.0493 e. The van der Waals surface area contributed by atoms with Gasteiger partial charge in [0.1, 0.15) is 0 Å². The molecule has 2 aromatic rings. The highest BCUT2D eigenvalue weighted by molar-refractivity contribution is 9.10. The zero-order valence-electron chi connectivity index (χ0n) is 9.84. The number of benzene rings is 2. The Kier molecular flexibility index (Phi) is 5.52.